The van der Waals surface area contributed by atoms with Crippen molar-refractivity contribution in [3.05, 3.63) is 24.2 Å². The van der Waals surface area contributed by atoms with E-state index in [1.807, 2.05) is 6.92 Å². The van der Waals surface area contributed by atoms with Crippen LogP contribution < -0.4 is 5.43 Å². The fraction of sp³-hybridized carbons (Fsp3) is 0.400. The third-order valence-corrected chi connectivity index (χ3v) is 1.68. The summed E-state index contributed by atoms with van der Waals surface area (Å²) in [5.74, 6) is 0.565. The standard InChI is InChI=1S/C10H14N2O2/c1-2-3-6-10(13)12-11-8-9-5-4-7-14-9/h4-5,7-8H,2-3,6H2,1H3,(H,12,13)/b11-8-. The van der Waals surface area contributed by atoms with E-state index in [0.717, 1.165) is 12.8 Å². The van der Waals surface area contributed by atoms with E-state index in [1.54, 1.807) is 18.4 Å². The normalized spacial score (nSPS) is 10.6. The summed E-state index contributed by atoms with van der Waals surface area (Å²) in [4.78, 5) is 11.1. The number of nitrogens with zero attached hydrogens (tertiary/aromatic N) is 1. The summed E-state index contributed by atoms with van der Waals surface area (Å²) < 4.78 is 5.00. The van der Waals surface area contributed by atoms with Crippen molar-refractivity contribution in [3.63, 3.8) is 0 Å². The molecule has 1 N–H and O–H groups in total. The zero-order valence-corrected chi connectivity index (χ0v) is 8.19. The minimum absolute atomic E-state index is 0.0605. The molecule has 1 rings (SSSR count). The zero-order chi connectivity index (χ0) is 10.2. The molecule has 0 atom stereocenters. The summed E-state index contributed by atoms with van der Waals surface area (Å²) in [6, 6.07) is 3.53. The van der Waals surface area contributed by atoms with Gasteiger partial charge in [0.05, 0.1) is 12.5 Å². The quantitative estimate of drug-likeness (QED) is 0.575. The third kappa shape index (κ3) is 3.89. The number of carbonyl (C=O) groups excluding carboxylic acids is 1. The molecule has 0 aliphatic carbocycles. The molecule has 0 radical (unpaired) electrons. The number of hydrogen-bond acceptors (Lipinski definition) is 3. The maximum Gasteiger partial charge on any atom is 0.240 e. The van der Waals surface area contributed by atoms with E-state index >= 15 is 0 Å². The first-order valence-electron chi connectivity index (χ1n) is 4.68. The lowest BCUT2D eigenvalue weighted by molar-refractivity contribution is -0.121. The average molecular weight is 194 g/mol. The summed E-state index contributed by atoms with van der Waals surface area (Å²) in [5.41, 5.74) is 2.43. The van der Waals surface area contributed by atoms with Crippen molar-refractivity contribution in [2.75, 3.05) is 0 Å². The highest BCUT2D eigenvalue weighted by atomic mass is 16.3. The van der Waals surface area contributed by atoms with E-state index in [4.69, 9.17) is 4.42 Å². The molecular weight excluding hydrogens is 180 g/mol. The molecule has 1 aromatic rings. The molecule has 0 aromatic carbocycles. The van der Waals surface area contributed by atoms with Crippen molar-refractivity contribution in [1.29, 1.82) is 0 Å². The third-order valence-electron chi connectivity index (χ3n) is 1.68. The highest BCUT2D eigenvalue weighted by Crippen LogP contribution is 1.95. The number of nitrogens with one attached hydrogen (secondary N) is 1. The Labute approximate surface area is 83.0 Å². The predicted octanol–water partition coefficient (Wildman–Crippen LogP) is 1.92. The van der Waals surface area contributed by atoms with E-state index in [1.165, 1.54) is 6.21 Å². The van der Waals surface area contributed by atoms with Crippen LogP contribution in [0.1, 0.15) is 31.9 Å². The van der Waals surface area contributed by atoms with Crippen LogP contribution in [-0.4, -0.2) is 12.1 Å². The molecule has 1 heterocycles. The summed E-state index contributed by atoms with van der Waals surface area (Å²) in [6.45, 7) is 2.04. The minimum atomic E-state index is -0.0605. The van der Waals surface area contributed by atoms with Gasteiger partial charge in [0.2, 0.25) is 5.91 Å². The van der Waals surface area contributed by atoms with Gasteiger partial charge >= 0.3 is 0 Å². The molecule has 4 heteroatoms. The minimum Gasteiger partial charge on any atom is -0.463 e. The molecule has 1 amide bonds. The van der Waals surface area contributed by atoms with Gasteiger partial charge in [0.1, 0.15) is 5.76 Å². The number of amides is 1. The lowest BCUT2D eigenvalue weighted by Gasteiger charge is -1.96. The molecule has 0 aliphatic rings. The van der Waals surface area contributed by atoms with Crippen molar-refractivity contribution < 1.29 is 9.21 Å². The average Bonchev–Trinajstić information content (AvgIpc) is 2.67. The van der Waals surface area contributed by atoms with Gasteiger partial charge in [-0.2, -0.15) is 5.10 Å². The van der Waals surface area contributed by atoms with E-state index in [9.17, 15) is 4.79 Å². The fourth-order valence-electron chi connectivity index (χ4n) is 0.926. The van der Waals surface area contributed by atoms with Crippen LogP contribution in [0.25, 0.3) is 0 Å². The number of furan rings is 1. The molecule has 0 bridgehead atoms. The predicted molar refractivity (Wildman–Crippen MR) is 54.0 cm³/mol. The molecule has 14 heavy (non-hydrogen) atoms. The number of hydrazone groups is 1. The molecule has 0 fully saturated rings. The smallest absolute Gasteiger partial charge is 0.240 e. The van der Waals surface area contributed by atoms with Gasteiger partial charge in [0, 0.05) is 6.42 Å². The van der Waals surface area contributed by atoms with E-state index in [0.29, 0.717) is 12.2 Å². The molecular formula is C10H14N2O2. The summed E-state index contributed by atoms with van der Waals surface area (Å²) in [6.07, 6.45) is 5.45. The largest absolute Gasteiger partial charge is 0.463 e. The summed E-state index contributed by atoms with van der Waals surface area (Å²) in [7, 11) is 0. The Kier molecular flexibility index (Phi) is 4.47. The van der Waals surface area contributed by atoms with Gasteiger partial charge in [-0.3, -0.25) is 4.79 Å². The fourth-order valence-corrected chi connectivity index (χ4v) is 0.926. The Morgan fingerprint density at radius 2 is 2.57 bits per heavy atom. The first-order valence-corrected chi connectivity index (χ1v) is 4.68. The van der Waals surface area contributed by atoms with Crippen molar-refractivity contribution in [3.8, 4) is 0 Å². The van der Waals surface area contributed by atoms with Crippen LogP contribution >= 0.6 is 0 Å². The highest BCUT2D eigenvalue weighted by Gasteiger charge is 1.96. The number of hydrogen-bond donors (Lipinski definition) is 1. The second-order valence-electron chi connectivity index (χ2n) is 2.91. The Hall–Kier alpha value is -1.58. The van der Waals surface area contributed by atoms with Gasteiger partial charge in [0.15, 0.2) is 0 Å². The lowest BCUT2D eigenvalue weighted by atomic mass is 10.2. The Morgan fingerprint density at radius 3 is 3.21 bits per heavy atom. The highest BCUT2D eigenvalue weighted by molar-refractivity contribution is 5.80. The molecule has 1 aromatic heterocycles. The zero-order valence-electron chi connectivity index (χ0n) is 8.19. The summed E-state index contributed by atoms with van der Waals surface area (Å²) in [5, 5.41) is 3.75. The van der Waals surface area contributed by atoms with Crippen molar-refractivity contribution in [1.82, 2.24) is 5.43 Å². The number of unbranched alkanes of at least 4 members (excludes halogenated alkanes) is 1. The molecule has 4 nitrogen and oxygen atoms in total. The SMILES string of the molecule is CCCCC(=O)N/N=C\c1ccco1. The van der Waals surface area contributed by atoms with Crippen LogP contribution in [0.4, 0.5) is 0 Å². The van der Waals surface area contributed by atoms with Crippen LogP contribution in [-0.2, 0) is 4.79 Å². The van der Waals surface area contributed by atoms with Crippen LogP contribution in [0.15, 0.2) is 27.9 Å². The first-order chi connectivity index (χ1) is 6.83. The van der Waals surface area contributed by atoms with Crippen LogP contribution in [0.5, 0.6) is 0 Å². The Balaban J connectivity index is 2.23. The van der Waals surface area contributed by atoms with Crippen molar-refractivity contribution >= 4 is 12.1 Å². The van der Waals surface area contributed by atoms with E-state index in [-0.39, 0.29) is 5.91 Å². The molecule has 0 unspecified atom stereocenters. The van der Waals surface area contributed by atoms with Gasteiger partial charge in [-0.1, -0.05) is 13.3 Å². The maximum atomic E-state index is 11.1. The Bertz CT molecular complexity index is 291. The molecule has 0 aliphatic heterocycles. The van der Waals surface area contributed by atoms with Gasteiger partial charge in [0.25, 0.3) is 0 Å². The van der Waals surface area contributed by atoms with Gasteiger partial charge < -0.3 is 4.42 Å². The topological polar surface area (TPSA) is 54.6 Å². The van der Waals surface area contributed by atoms with E-state index < -0.39 is 0 Å². The molecule has 76 valence electrons. The van der Waals surface area contributed by atoms with Gasteiger partial charge in [-0.15, -0.1) is 0 Å². The molecule has 0 saturated carbocycles. The van der Waals surface area contributed by atoms with Crippen LogP contribution in [0.3, 0.4) is 0 Å². The second-order valence-corrected chi connectivity index (χ2v) is 2.91. The van der Waals surface area contributed by atoms with Crippen molar-refractivity contribution in [2.45, 2.75) is 26.2 Å². The van der Waals surface area contributed by atoms with Crippen LogP contribution in [0.2, 0.25) is 0 Å². The first kappa shape index (κ1) is 10.5. The number of rotatable bonds is 5. The monoisotopic (exact) mass is 194 g/mol. The maximum absolute atomic E-state index is 11.1. The van der Waals surface area contributed by atoms with Crippen LogP contribution in [0, 0.1) is 0 Å². The van der Waals surface area contributed by atoms with Gasteiger partial charge in [-0.05, 0) is 18.6 Å². The summed E-state index contributed by atoms with van der Waals surface area (Å²) >= 11 is 0. The van der Waals surface area contributed by atoms with Gasteiger partial charge in [-0.25, -0.2) is 5.43 Å². The number of carbonyl (C=O) groups is 1. The second kappa shape index (κ2) is 5.96. The molecule has 0 spiro atoms. The molecule has 0 saturated heterocycles. The van der Waals surface area contributed by atoms with E-state index in [2.05, 4.69) is 10.5 Å². The Morgan fingerprint density at radius 1 is 1.71 bits per heavy atom. The lowest BCUT2D eigenvalue weighted by Crippen LogP contribution is -2.16. The van der Waals surface area contributed by atoms with Crippen molar-refractivity contribution in [2.24, 2.45) is 5.10 Å².